The van der Waals surface area contributed by atoms with Crippen LogP contribution in [0.3, 0.4) is 0 Å². The number of hydrogen-bond donors (Lipinski definition) is 1. The molecule has 0 unspecified atom stereocenters. The van der Waals surface area contributed by atoms with Gasteiger partial charge in [-0.05, 0) is 25.9 Å². The van der Waals surface area contributed by atoms with Crippen LogP contribution in [0, 0.1) is 0 Å². The summed E-state index contributed by atoms with van der Waals surface area (Å²) in [6.07, 6.45) is -2.76. The van der Waals surface area contributed by atoms with Crippen LogP contribution in [0.4, 0.5) is 13.2 Å². The Morgan fingerprint density at radius 3 is 2.36 bits per heavy atom. The molecular weight excluding hydrogens is 199 g/mol. The van der Waals surface area contributed by atoms with Gasteiger partial charge in [0.1, 0.15) is 0 Å². The van der Waals surface area contributed by atoms with E-state index in [9.17, 15) is 13.2 Å². The first-order valence-corrected chi connectivity index (χ1v) is 4.61. The van der Waals surface area contributed by atoms with Gasteiger partial charge < -0.3 is 10.1 Å². The monoisotopic (exact) mass is 213 g/mol. The summed E-state index contributed by atoms with van der Waals surface area (Å²) in [5.41, 5.74) is 0. The molecule has 1 heterocycles. The zero-order chi connectivity index (χ0) is 10.4. The van der Waals surface area contributed by atoms with Gasteiger partial charge in [-0.15, -0.1) is 13.2 Å². The number of ether oxygens (including phenoxy) is 2. The second kappa shape index (κ2) is 5.53. The third kappa shape index (κ3) is 5.41. The summed E-state index contributed by atoms with van der Waals surface area (Å²) in [6.45, 7) is 1.31. The van der Waals surface area contributed by atoms with E-state index in [1.54, 1.807) is 0 Å². The molecule has 3 nitrogen and oxygen atoms in total. The fourth-order valence-electron chi connectivity index (χ4n) is 1.33. The van der Waals surface area contributed by atoms with Gasteiger partial charge in [-0.2, -0.15) is 0 Å². The molecule has 1 rings (SSSR count). The van der Waals surface area contributed by atoms with E-state index in [0.717, 1.165) is 25.9 Å². The number of halogens is 3. The molecule has 6 heteroatoms. The van der Waals surface area contributed by atoms with Crippen LogP contribution in [0.15, 0.2) is 0 Å². The molecule has 0 aromatic carbocycles. The van der Waals surface area contributed by atoms with E-state index < -0.39 is 13.0 Å². The van der Waals surface area contributed by atoms with Gasteiger partial charge in [0, 0.05) is 0 Å². The second-order valence-electron chi connectivity index (χ2n) is 3.11. The molecule has 1 aliphatic heterocycles. The van der Waals surface area contributed by atoms with Crippen molar-refractivity contribution in [2.75, 3.05) is 26.3 Å². The van der Waals surface area contributed by atoms with E-state index in [-0.39, 0.29) is 12.7 Å². The first kappa shape index (κ1) is 11.7. The number of nitrogens with one attached hydrogen (secondary N) is 1. The zero-order valence-electron chi connectivity index (χ0n) is 7.77. The molecule has 1 saturated heterocycles. The van der Waals surface area contributed by atoms with Crippen LogP contribution in [0.25, 0.3) is 0 Å². The van der Waals surface area contributed by atoms with Crippen LogP contribution in [-0.4, -0.2) is 38.8 Å². The molecule has 1 N–H and O–H groups in total. The largest absolute Gasteiger partial charge is 0.522 e. The van der Waals surface area contributed by atoms with E-state index in [1.165, 1.54) is 0 Å². The van der Waals surface area contributed by atoms with E-state index >= 15 is 0 Å². The number of hydrogen-bond acceptors (Lipinski definition) is 3. The van der Waals surface area contributed by atoms with Crippen molar-refractivity contribution in [3.63, 3.8) is 0 Å². The highest BCUT2D eigenvalue weighted by molar-refractivity contribution is 4.67. The second-order valence-corrected chi connectivity index (χ2v) is 3.11. The number of rotatable bonds is 4. The Labute approximate surface area is 80.6 Å². The summed E-state index contributed by atoms with van der Waals surface area (Å²) in [4.78, 5) is 0. The quantitative estimate of drug-likeness (QED) is 0.714. The topological polar surface area (TPSA) is 30.5 Å². The van der Waals surface area contributed by atoms with Crippen molar-refractivity contribution in [3.8, 4) is 0 Å². The van der Waals surface area contributed by atoms with Gasteiger partial charge in [-0.3, -0.25) is 4.74 Å². The first-order valence-electron chi connectivity index (χ1n) is 4.61. The Balaban J connectivity index is 1.97. The Hall–Kier alpha value is -0.330. The van der Waals surface area contributed by atoms with Crippen molar-refractivity contribution in [3.05, 3.63) is 0 Å². The van der Waals surface area contributed by atoms with Crippen LogP contribution < -0.4 is 5.32 Å². The van der Waals surface area contributed by atoms with E-state index in [1.807, 2.05) is 0 Å². The van der Waals surface area contributed by atoms with Crippen LogP contribution in [0.5, 0.6) is 0 Å². The van der Waals surface area contributed by atoms with Gasteiger partial charge >= 0.3 is 6.36 Å². The summed E-state index contributed by atoms with van der Waals surface area (Å²) in [7, 11) is 0. The maximum absolute atomic E-state index is 11.5. The Morgan fingerprint density at radius 2 is 1.79 bits per heavy atom. The van der Waals surface area contributed by atoms with Gasteiger partial charge in [0.2, 0.25) is 0 Å². The van der Waals surface area contributed by atoms with Crippen LogP contribution in [0.2, 0.25) is 0 Å². The lowest BCUT2D eigenvalue weighted by molar-refractivity contribution is -0.327. The van der Waals surface area contributed by atoms with Gasteiger partial charge in [0.05, 0.1) is 19.3 Å². The molecule has 0 saturated carbocycles. The summed E-state index contributed by atoms with van der Waals surface area (Å²) >= 11 is 0. The molecule has 0 radical (unpaired) electrons. The highest BCUT2D eigenvalue weighted by atomic mass is 19.4. The molecule has 14 heavy (non-hydrogen) atoms. The summed E-state index contributed by atoms with van der Waals surface area (Å²) in [5, 5.41) is 3.14. The minimum Gasteiger partial charge on any atom is -0.376 e. The predicted octanol–water partition coefficient (Wildman–Crippen LogP) is 1.29. The molecule has 0 amide bonds. The fraction of sp³-hybridized carbons (Fsp3) is 1.00. The third-order valence-corrected chi connectivity index (χ3v) is 1.99. The van der Waals surface area contributed by atoms with Crippen molar-refractivity contribution in [2.24, 2.45) is 0 Å². The fourth-order valence-corrected chi connectivity index (χ4v) is 1.33. The first-order chi connectivity index (χ1) is 6.58. The molecule has 1 fully saturated rings. The smallest absolute Gasteiger partial charge is 0.376 e. The Bertz CT molecular complexity index is 157. The molecule has 0 atom stereocenters. The average Bonchev–Trinajstić information content (AvgIpc) is 2.13. The van der Waals surface area contributed by atoms with Gasteiger partial charge in [-0.25, -0.2) is 0 Å². The Morgan fingerprint density at radius 1 is 1.14 bits per heavy atom. The van der Waals surface area contributed by atoms with Crippen molar-refractivity contribution in [1.82, 2.24) is 5.32 Å². The molecule has 0 spiro atoms. The van der Waals surface area contributed by atoms with Crippen molar-refractivity contribution >= 4 is 0 Å². The highest BCUT2D eigenvalue weighted by Gasteiger charge is 2.28. The minimum absolute atomic E-state index is 0.00414. The van der Waals surface area contributed by atoms with E-state index in [0.29, 0.717) is 0 Å². The number of piperidine rings is 1. The average molecular weight is 213 g/mol. The highest BCUT2D eigenvalue weighted by Crippen LogP contribution is 2.15. The van der Waals surface area contributed by atoms with E-state index in [2.05, 4.69) is 10.1 Å². The lowest BCUT2D eigenvalue weighted by Gasteiger charge is -2.22. The molecule has 1 aliphatic rings. The lowest BCUT2D eigenvalue weighted by atomic mass is 10.1. The minimum atomic E-state index is -4.54. The maximum Gasteiger partial charge on any atom is 0.522 e. The van der Waals surface area contributed by atoms with Crippen molar-refractivity contribution < 1.29 is 22.6 Å². The molecule has 84 valence electrons. The molecular formula is C8H14F3NO2. The SMILES string of the molecule is FC(F)(F)OCCOC1CCNCC1. The predicted molar refractivity (Wildman–Crippen MR) is 43.9 cm³/mol. The molecule has 0 bridgehead atoms. The third-order valence-electron chi connectivity index (χ3n) is 1.99. The zero-order valence-corrected chi connectivity index (χ0v) is 7.77. The van der Waals surface area contributed by atoms with Gasteiger partial charge in [0.15, 0.2) is 0 Å². The lowest BCUT2D eigenvalue weighted by Crippen LogP contribution is -2.33. The van der Waals surface area contributed by atoms with Crippen LogP contribution in [-0.2, 0) is 9.47 Å². The summed E-state index contributed by atoms with van der Waals surface area (Å²) < 4.78 is 43.4. The van der Waals surface area contributed by atoms with Gasteiger partial charge in [0.25, 0.3) is 0 Å². The Kier molecular flexibility index (Phi) is 4.64. The molecule has 0 aromatic heterocycles. The molecule has 0 aromatic rings. The summed E-state index contributed by atoms with van der Waals surface area (Å²) in [6, 6.07) is 0. The summed E-state index contributed by atoms with van der Waals surface area (Å²) in [5.74, 6) is 0. The van der Waals surface area contributed by atoms with E-state index in [4.69, 9.17) is 4.74 Å². The van der Waals surface area contributed by atoms with Gasteiger partial charge in [-0.1, -0.05) is 0 Å². The van der Waals surface area contributed by atoms with Crippen LogP contribution >= 0.6 is 0 Å². The maximum atomic E-state index is 11.5. The van der Waals surface area contributed by atoms with Crippen LogP contribution in [0.1, 0.15) is 12.8 Å². The van der Waals surface area contributed by atoms with Crippen molar-refractivity contribution in [2.45, 2.75) is 25.3 Å². The normalized spacial score (nSPS) is 19.9. The number of alkyl halides is 3. The molecule has 0 aliphatic carbocycles. The standard InChI is InChI=1S/C8H14F3NO2/c9-8(10,11)14-6-5-13-7-1-3-12-4-2-7/h7,12H,1-6H2. The van der Waals surface area contributed by atoms with Crippen molar-refractivity contribution in [1.29, 1.82) is 0 Å².